The van der Waals surface area contributed by atoms with E-state index >= 15 is 0 Å². The maximum absolute atomic E-state index is 6.38. The molecule has 0 N–H and O–H groups in total. The maximum Gasteiger partial charge on any atom is 0.227 e. The predicted octanol–water partition coefficient (Wildman–Crippen LogP) is 11.8. The molecule has 0 atom stereocenters. The summed E-state index contributed by atoms with van der Waals surface area (Å²) in [6.07, 6.45) is 0. The molecule has 2 nitrogen and oxygen atoms in total. The molecule has 1 aliphatic rings. The normalized spacial score (nSPS) is 13.2. The Bertz CT molecular complexity index is 2640. The molecule has 0 spiro atoms. The maximum atomic E-state index is 6.38. The van der Waals surface area contributed by atoms with Gasteiger partial charge >= 0.3 is 0 Å². The van der Waals surface area contributed by atoms with E-state index in [1.165, 1.54) is 49.9 Å². The summed E-state index contributed by atoms with van der Waals surface area (Å²) in [5.74, 6) is 0.640. The number of benzene rings is 8. The van der Waals surface area contributed by atoms with Crippen molar-refractivity contribution in [1.29, 1.82) is 0 Å². The average Bonchev–Trinajstić information content (AvgIpc) is 3.74. The van der Waals surface area contributed by atoms with Gasteiger partial charge in [-0.05, 0) is 84.9 Å². The molecule has 0 radical (unpaired) electrons. The van der Waals surface area contributed by atoms with Crippen molar-refractivity contribution in [2.45, 2.75) is 5.41 Å². The Labute approximate surface area is 278 Å². The molecule has 0 fully saturated rings. The van der Waals surface area contributed by atoms with Crippen molar-refractivity contribution in [2.24, 2.45) is 0 Å². The van der Waals surface area contributed by atoms with Gasteiger partial charge in [0, 0.05) is 10.9 Å². The zero-order chi connectivity index (χ0) is 31.7. The second kappa shape index (κ2) is 10.4. The lowest BCUT2D eigenvalue weighted by Crippen LogP contribution is -2.29. The number of oxazole rings is 1. The number of hydrogen-bond donors (Lipinski definition) is 0. The number of nitrogens with zero attached hydrogens (tertiary/aromatic N) is 1. The van der Waals surface area contributed by atoms with Gasteiger partial charge in [0.25, 0.3) is 0 Å². The van der Waals surface area contributed by atoms with Crippen molar-refractivity contribution in [2.75, 3.05) is 0 Å². The van der Waals surface area contributed by atoms with E-state index in [-0.39, 0.29) is 0 Å². The molecule has 0 saturated carbocycles. The van der Waals surface area contributed by atoms with Crippen LogP contribution < -0.4 is 0 Å². The third-order valence-electron chi connectivity index (χ3n) is 10.2. The molecule has 0 bridgehead atoms. The van der Waals surface area contributed by atoms with Crippen LogP contribution in [-0.4, -0.2) is 4.98 Å². The Kier molecular flexibility index (Phi) is 5.82. The van der Waals surface area contributed by atoms with Gasteiger partial charge in [0.05, 0.1) is 5.41 Å². The topological polar surface area (TPSA) is 26.0 Å². The molecule has 0 aliphatic heterocycles. The van der Waals surface area contributed by atoms with Gasteiger partial charge < -0.3 is 4.42 Å². The quantitative estimate of drug-likeness (QED) is 0.198. The van der Waals surface area contributed by atoms with E-state index in [9.17, 15) is 0 Å². The van der Waals surface area contributed by atoms with Gasteiger partial charge in [-0.3, -0.25) is 0 Å². The molecular weight excluding hydrogens is 583 g/mol. The third-order valence-corrected chi connectivity index (χ3v) is 10.2. The second-order valence-electron chi connectivity index (χ2n) is 12.7. The summed E-state index contributed by atoms with van der Waals surface area (Å²) in [7, 11) is 0. The highest BCUT2D eigenvalue weighted by molar-refractivity contribution is 6.03. The first-order chi connectivity index (χ1) is 23.8. The monoisotopic (exact) mass is 611 g/mol. The average molecular weight is 612 g/mol. The van der Waals surface area contributed by atoms with Crippen LogP contribution in [0.2, 0.25) is 0 Å². The first kappa shape index (κ1) is 26.9. The lowest BCUT2D eigenvalue weighted by Gasteiger charge is -2.35. The van der Waals surface area contributed by atoms with Gasteiger partial charge in [-0.25, -0.2) is 4.98 Å². The summed E-state index contributed by atoms with van der Waals surface area (Å²) in [6, 6.07) is 63.6. The van der Waals surface area contributed by atoms with Crippen molar-refractivity contribution < 1.29 is 4.42 Å². The summed E-state index contributed by atoms with van der Waals surface area (Å²) in [6.45, 7) is 0. The van der Waals surface area contributed by atoms with Crippen LogP contribution in [0, 0.1) is 0 Å². The number of hydrogen-bond acceptors (Lipinski definition) is 2. The molecule has 8 aromatic carbocycles. The van der Waals surface area contributed by atoms with Crippen molar-refractivity contribution in [3.63, 3.8) is 0 Å². The number of rotatable bonds is 4. The first-order valence-corrected chi connectivity index (χ1v) is 16.5. The zero-order valence-corrected chi connectivity index (χ0v) is 26.1. The highest BCUT2D eigenvalue weighted by atomic mass is 16.3. The minimum atomic E-state index is -0.457. The molecule has 0 unspecified atom stereocenters. The van der Waals surface area contributed by atoms with E-state index in [4.69, 9.17) is 9.40 Å². The summed E-state index contributed by atoms with van der Waals surface area (Å²) >= 11 is 0. The molecule has 10 rings (SSSR count). The second-order valence-corrected chi connectivity index (χ2v) is 12.7. The fraction of sp³-hybridized carbons (Fsp3) is 0.0217. The molecule has 1 aliphatic carbocycles. The van der Waals surface area contributed by atoms with Crippen LogP contribution in [0.3, 0.4) is 0 Å². The lowest BCUT2D eigenvalue weighted by molar-refractivity contribution is 0.623. The molecule has 224 valence electrons. The molecule has 2 heteroatoms. The molecular formula is C46H29NO. The van der Waals surface area contributed by atoms with Crippen molar-refractivity contribution >= 4 is 32.6 Å². The van der Waals surface area contributed by atoms with Gasteiger partial charge in [-0.15, -0.1) is 0 Å². The van der Waals surface area contributed by atoms with Crippen LogP contribution in [0.15, 0.2) is 180 Å². The van der Waals surface area contributed by atoms with E-state index < -0.39 is 5.41 Å². The first-order valence-electron chi connectivity index (χ1n) is 16.5. The van der Waals surface area contributed by atoms with Crippen LogP contribution >= 0.6 is 0 Å². The SMILES string of the molecule is c1ccc(C2(c3ccccc3-c3ccc4cc(-c5nc6ccc7ccccc7c6o5)ccc4c3)c3ccccc3-c3ccccc32)cc1. The van der Waals surface area contributed by atoms with Gasteiger partial charge in [-0.1, -0.05) is 152 Å². The van der Waals surface area contributed by atoms with Crippen molar-refractivity contribution in [3.8, 4) is 33.7 Å². The Balaban J connectivity index is 1.14. The van der Waals surface area contributed by atoms with E-state index in [0.29, 0.717) is 5.89 Å². The molecule has 0 saturated heterocycles. The summed E-state index contributed by atoms with van der Waals surface area (Å²) < 4.78 is 6.38. The molecule has 48 heavy (non-hydrogen) atoms. The molecule has 1 heterocycles. The van der Waals surface area contributed by atoms with Crippen molar-refractivity contribution in [1.82, 2.24) is 4.98 Å². The third kappa shape index (κ3) is 3.84. The van der Waals surface area contributed by atoms with E-state index in [1.54, 1.807) is 0 Å². The predicted molar refractivity (Wildman–Crippen MR) is 197 cm³/mol. The number of fused-ring (bicyclic) bond motifs is 7. The van der Waals surface area contributed by atoms with Crippen LogP contribution in [0.1, 0.15) is 22.3 Å². The highest BCUT2D eigenvalue weighted by Gasteiger charge is 2.46. The van der Waals surface area contributed by atoms with Crippen LogP contribution in [-0.2, 0) is 5.41 Å². The standard InChI is InChI=1S/C46H29NO/c1-2-13-35(14-3-1)46(41-20-10-7-17-38(41)39-18-8-11-21-42(39)46)40-19-9-6-15-36(40)33-24-22-32-29-34(25-23-31(32)28-33)45-47-43-27-26-30-12-4-5-16-37(30)44(43)48-45/h1-29H. The molecule has 9 aromatic rings. The van der Waals surface area contributed by atoms with E-state index in [0.717, 1.165) is 32.8 Å². The van der Waals surface area contributed by atoms with Gasteiger partial charge in [0.15, 0.2) is 5.58 Å². The lowest BCUT2D eigenvalue weighted by atomic mass is 9.66. The summed E-state index contributed by atoms with van der Waals surface area (Å²) in [5.41, 5.74) is 12.4. The molecule has 1 aromatic heterocycles. The smallest absolute Gasteiger partial charge is 0.227 e. The van der Waals surface area contributed by atoms with E-state index in [1.807, 2.05) is 12.1 Å². The summed E-state index contributed by atoms with van der Waals surface area (Å²) in [5, 5.41) is 4.56. The minimum Gasteiger partial charge on any atom is -0.435 e. The van der Waals surface area contributed by atoms with Crippen LogP contribution in [0.5, 0.6) is 0 Å². The Hall–Kier alpha value is -6.25. The number of aromatic nitrogens is 1. The Morgan fingerprint density at radius 2 is 0.958 bits per heavy atom. The van der Waals surface area contributed by atoms with Gasteiger partial charge in [-0.2, -0.15) is 0 Å². The Morgan fingerprint density at radius 3 is 1.69 bits per heavy atom. The van der Waals surface area contributed by atoms with E-state index in [2.05, 4.69) is 164 Å². The zero-order valence-electron chi connectivity index (χ0n) is 26.1. The fourth-order valence-electron chi connectivity index (χ4n) is 8.07. The Morgan fingerprint density at radius 1 is 0.417 bits per heavy atom. The van der Waals surface area contributed by atoms with Gasteiger partial charge in [0.2, 0.25) is 5.89 Å². The highest BCUT2D eigenvalue weighted by Crippen LogP contribution is 2.57. The summed E-state index contributed by atoms with van der Waals surface area (Å²) in [4.78, 5) is 4.87. The molecule has 0 amide bonds. The fourth-order valence-corrected chi connectivity index (χ4v) is 8.07. The minimum absolute atomic E-state index is 0.457. The van der Waals surface area contributed by atoms with Gasteiger partial charge in [0.1, 0.15) is 5.52 Å². The van der Waals surface area contributed by atoms with Crippen LogP contribution in [0.4, 0.5) is 0 Å². The largest absolute Gasteiger partial charge is 0.435 e. The van der Waals surface area contributed by atoms with Crippen LogP contribution in [0.25, 0.3) is 66.4 Å². The van der Waals surface area contributed by atoms with Crippen molar-refractivity contribution in [3.05, 3.63) is 198 Å².